The molecule has 0 spiro atoms. The monoisotopic (exact) mass is 382 g/mol. The fraction of sp³-hybridized carbons (Fsp3) is 0.895. The molecule has 0 aromatic rings. The van der Waals surface area contributed by atoms with Crippen molar-refractivity contribution in [2.45, 2.75) is 91.3 Å². The number of hydrogen-bond donors (Lipinski definition) is 0. The number of carbonyl (C=O) groups is 2. The molecular formula is C19H33F3O4. The van der Waals surface area contributed by atoms with Gasteiger partial charge in [-0.25, -0.2) is 0 Å². The van der Waals surface area contributed by atoms with Gasteiger partial charge in [-0.05, 0) is 44.9 Å². The maximum absolute atomic E-state index is 11.7. The number of halogens is 3. The van der Waals surface area contributed by atoms with E-state index in [9.17, 15) is 22.8 Å². The van der Waals surface area contributed by atoms with Crippen LogP contribution in [0.3, 0.4) is 0 Å². The minimum atomic E-state index is -4.43. The molecule has 4 nitrogen and oxygen atoms in total. The molecule has 0 radical (unpaired) electrons. The third-order valence-electron chi connectivity index (χ3n) is 4.88. The van der Waals surface area contributed by atoms with Crippen LogP contribution in [-0.4, -0.2) is 30.3 Å². The van der Waals surface area contributed by atoms with Gasteiger partial charge in [0.2, 0.25) is 0 Å². The molecule has 1 aliphatic rings. The third kappa shape index (κ3) is 9.43. The molecular weight excluding hydrogens is 349 g/mol. The molecule has 1 saturated carbocycles. The van der Waals surface area contributed by atoms with Crippen LogP contribution < -0.4 is 0 Å². The zero-order chi connectivity index (χ0) is 20.4. The Labute approximate surface area is 154 Å². The van der Waals surface area contributed by atoms with E-state index in [-0.39, 0.29) is 17.5 Å². The van der Waals surface area contributed by atoms with Crippen molar-refractivity contribution < 1.29 is 32.2 Å². The van der Waals surface area contributed by atoms with Crippen LogP contribution in [0.2, 0.25) is 0 Å². The second kappa shape index (κ2) is 11.4. The van der Waals surface area contributed by atoms with Crippen molar-refractivity contribution in [2.24, 2.45) is 11.8 Å². The van der Waals surface area contributed by atoms with Crippen LogP contribution in [0, 0.1) is 11.8 Å². The van der Waals surface area contributed by atoms with Gasteiger partial charge >= 0.3 is 18.1 Å². The topological polar surface area (TPSA) is 52.6 Å². The Balaban J connectivity index is 0.000000488. The van der Waals surface area contributed by atoms with Crippen molar-refractivity contribution in [1.29, 1.82) is 0 Å². The van der Waals surface area contributed by atoms with Gasteiger partial charge in [-0.1, -0.05) is 34.6 Å². The average Bonchev–Trinajstić information content (AvgIpc) is 3.06. The minimum absolute atomic E-state index is 0.00347. The predicted octanol–water partition coefficient (Wildman–Crippen LogP) is 5.44. The number of carbonyl (C=O) groups excluding carboxylic acids is 2. The predicted molar refractivity (Wildman–Crippen MR) is 93.5 cm³/mol. The molecule has 1 rings (SSSR count). The number of hydrogen-bond acceptors (Lipinski definition) is 4. The normalized spacial score (nSPS) is 18.3. The maximum atomic E-state index is 11.7. The maximum Gasteiger partial charge on any atom is 0.422 e. The van der Waals surface area contributed by atoms with Crippen molar-refractivity contribution in [3.63, 3.8) is 0 Å². The SMILES string of the molecule is CCC(C)C(=O)OC1(CC)CCCC1.CCC(C)C(=O)OCC(F)(F)F. The van der Waals surface area contributed by atoms with Crippen molar-refractivity contribution in [3.05, 3.63) is 0 Å². The lowest BCUT2D eigenvalue weighted by Gasteiger charge is -2.29. The first-order valence-electron chi connectivity index (χ1n) is 9.46. The zero-order valence-electron chi connectivity index (χ0n) is 16.6. The van der Waals surface area contributed by atoms with Crippen LogP contribution in [0.1, 0.15) is 79.6 Å². The third-order valence-corrected chi connectivity index (χ3v) is 4.88. The molecule has 7 heteroatoms. The number of rotatable bonds is 7. The van der Waals surface area contributed by atoms with E-state index in [1.54, 1.807) is 6.92 Å². The molecule has 0 amide bonds. The molecule has 0 bridgehead atoms. The van der Waals surface area contributed by atoms with Crippen molar-refractivity contribution in [1.82, 2.24) is 0 Å². The molecule has 2 unspecified atom stereocenters. The van der Waals surface area contributed by atoms with Crippen LogP contribution >= 0.6 is 0 Å². The van der Waals surface area contributed by atoms with Crippen LogP contribution in [0.4, 0.5) is 13.2 Å². The summed E-state index contributed by atoms with van der Waals surface area (Å²) in [6.45, 7) is 7.84. The molecule has 0 aromatic heterocycles. The lowest BCUT2D eigenvalue weighted by atomic mass is 9.98. The van der Waals surface area contributed by atoms with Gasteiger partial charge in [0.25, 0.3) is 0 Å². The molecule has 0 saturated heterocycles. The van der Waals surface area contributed by atoms with Crippen LogP contribution in [0.25, 0.3) is 0 Å². The van der Waals surface area contributed by atoms with E-state index in [0.29, 0.717) is 6.42 Å². The van der Waals surface area contributed by atoms with Gasteiger partial charge in [0, 0.05) is 0 Å². The highest BCUT2D eigenvalue weighted by atomic mass is 19.4. The van der Waals surface area contributed by atoms with E-state index in [4.69, 9.17) is 4.74 Å². The van der Waals surface area contributed by atoms with E-state index in [2.05, 4.69) is 11.7 Å². The molecule has 0 aromatic carbocycles. The summed E-state index contributed by atoms with van der Waals surface area (Å²) in [5, 5.41) is 0. The fourth-order valence-corrected chi connectivity index (χ4v) is 2.49. The first-order chi connectivity index (χ1) is 12.0. The minimum Gasteiger partial charge on any atom is -0.459 e. The first-order valence-corrected chi connectivity index (χ1v) is 9.46. The van der Waals surface area contributed by atoms with Crippen molar-refractivity contribution in [3.8, 4) is 0 Å². The fourth-order valence-electron chi connectivity index (χ4n) is 2.49. The molecule has 0 aliphatic heterocycles. The molecule has 1 aliphatic carbocycles. The first kappa shape index (κ1) is 24.7. The largest absolute Gasteiger partial charge is 0.459 e. The van der Waals surface area contributed by atoms with E-state index in [1.165, 1.54) is 19.8 Å². The number of esters is 2. The van der Waals surface area contributed by atoms with Gasteiger partial charge in [-0.2, -0.15) is 13.2 Å². The number of ether oxygens (including phenoxy) is 2. The molecule has 0 N–H and O–H groups in total. The highest BCUT2D eigenvalue weighted by Gasteiger charge is 2.36. The lowest BCUT2D eigenvalue weighted by Crippen LogP contribution is -2.33. The van der Waals surface area contributed by atoms with Gasteiger partial charge < -0.3 is 9.47 Å². The molecule has 2 atom stereocenters. The Morgan fingerprint density at radius 2 is 1.42 bits per heavy atom. The van der Waals surface area contributed by atoms with E-state index in [1.807, 2.05) is 13.8 Å². The Hall–Kier alpha value is -1.27. The Kier molecular flexibility index (Phi) is 10.9. The van der Waals surface area contributed by atoms with Gasteiger partial charge in [0.1, 0.15) is 5.60 Å². The summed E-state index contributed by atoms with van der Waals surface area (Å²) >= 11 is 0. The summed E-state index contributed by atoms with van der Waals surface area (Å²) in [6, 6.07) is 0. The summed E-state index contributed by atoms with van der Waals surface area (Å²) in [5.74, 6) is -1.21. The van der Waals surface area contributed by atoms with Crippen LogP contribution in [0.15, 0.2) is 0 Å². The van der Waals surface area contributed by atoms with Gasteiger partial charge in [0.15, 0.2) is 6.61 Å². The summed E-state index contributed by atoms with van der Waals surface area (Å²) < 4.78 is 44.2. The summed E-state index contributed by atoms with van der Waals surface area (Å²) in [7, 11) is 0. The molecule has 1 fully saturated rings. The van der Waals surface area contributed by atoms with Gasteiger partial charge in [-0.15, -0.1) is 0 Å². The Morgan fingerprint density at radius 3 is 1.81 bits per heavy atom. The molecule has 154 valence electrons. The smallest absolute Gasteiger partial charge is 0.422 e. The second-order valence-electron chi connectivity index (χ2n) is 7.01. The van der Waals surface area contributed by atoms with E-state index >= 15 is 0 Å². The van der Waals surface area contributed by atoms with E-state index in [0.717, 1.165) is 25.7 Å². The average molecular weight is 382 g/mol. The van der Waals surface area contributed by atoms with Crippen molar-refractivity contribution in [2.75, 3.05) is 6.61 Å². The van der Waals surface area contributed by atoms with Gasteiger partial charge in [-0.3, -0.25) is 9.59 Å². The lowest BCUT2D eigenvalue weighted by molar-refractivity contribution is -0.188. The highest BCUT2D eigenvalue weighted by molar-refractivity contribution is 5.72. The zero-order valence-corrected chi connectivity index (χ0v) is 16.6. The van der Waals surface area contributed by atoms with Gasteiger partial charge in [0.05, 0.1) is 11.8 Å². The molecule has 0 heterocycles. The Morgan fingerprint density at radius 1 is 0.962 bits per heavy atom. The van der Waals surface area contributed by atoms with Crippen molar-refractivity contribution >= 4 is 11.9 Å². The van der Waals surface area contributed by atoms with Crippen LogP contribution in [-0.2, 0) is 19.1 Å². The Bertz CT molecular complexity index is 429. The second-order valence-corrected chi connectivity index (χ2v) is 7.01. The molecule has 26 heavy (non-hydrogen) atoms. The van der Waals surface area contributed by atoms with E-state index < -0.39 is 24.7 Å². The quantitative estimate of drug-likeness (QED) is 0.551. The number of alkyl halides is 3. The van der Waals surface area contributed by atoms with Crippen LogP contribution in [0.5, 0.6) is 0 Å². The standard InChI is InChI=1S/C12H22O2.C7H11F3O2/c1-4-10(3)11(13)14-12(5-2)8-6-7-9-12;1-3-5(2)6(11)12-4-7(8,9)10/h10H,4-9H2,1-3H3;5H,3-4H2,1-2H3. The summed E-state index contributed by atoms with van der Waals surface area (Å²) in [4.78, 5) is 22.4. The summed E-state index contributed by atoms with van der Waals surface area (Å²) in [6.07, 6.45) is 2.44. The summed E-state index contributed by atoms with van der Waals surface area (Å²) in [5.41, 5.74) is -0.111. The highest BCUT2D eigenvalue weighted by Crippen LogP contribution is 2.36.